The van der Waals surface area contributed by atoms with Crippen molar-refractivity contribution in [2.24, 2.45) is 0 Å². The van der Waals surface area contributed by atoms with Gasteiger partial charge in [0, 0.05) is 35.7 Å². The molecule has 0 fully saturated rings. The number of hydrogen-bond donors (Lipinski definition) is 3. The van der Waals surface area contributed by atoms with Crippen LogP contribution in [0.5, 0.6) is 0 Å². The number of nitrogens with one attached hydrogen (secondary N) is 3. The lowest BCUT2D eigenvalue weighted by atomic mass is 10.1. The molecule has 0 atom stereocenters. The van der Waals surface area contributed by atoms with Gasteiger partial charge in [-0.1, -0.05) is 41.9 Å². The monoisotopic (exact) mass is 485 g/mol. The van der Waals surface area contributed by atoms with Crippen LogP contribution in [0, 0.1) is 13.8 Å². The summed E-state index contributed by atoms with van der Waals surface area (Å²) in [5.74, 6) is 0.0201. The fraction of sp³-hybridized carbons (Fsp3) is 0.111. The van der Waals surface area contributed by atoms with Crippen molar-refractivity contribution in [3.05, 3.63) is 94.6 Å². The van der Waals surface area contributed by atoms with Gasteiger partial charge in [-0.25, -0.2) is 9.97 Å². The first-order valence-corrected chi connectivity index (χ1v) is 11.3. The maximum absolute atomic E-state index is 12.8. The average molecular weight is 486 g/mol. The number of halogens is 1. The van der Waals surface area contributed by atoms with Crippen LogP contribution in [0.1, 0.15) is 28.4 Å². The molecule has 0 aliphatic carbocycles. The molecule has 0 radical (unpaired) electrons. The van der Waals surface area contributed by atoms with Crippen LogP contribution in [0.2, 0.25) is 5.02 Å². The summed E-state index contributed by atoms with van der Waals surface area (Å²) < 4.78 is 0. The van der Waals surface area contributed by atoms with Crippen molar-refractivity contribution in [3.63, 3.8) is 0 Å². The van der Waals surface area contributed by atoms with E-state index in [2.05, 4.69) is 25.9 Å². The standard InChI is InChI=1S/C27H24ClN5O2/c1-16-6-4-9-23(28)24(16)26(35)31-21-7-5-8-22(14-21)32-27-29-15-17(2)25(33-27)19-10-12-20(13-11-19)30-18(3)34/h4-15H,1-3H3,(H,30,34)(H,31,35)(H,29,32,33). The third-order valence-electron chi connectivity index (χ3n) is 5.28. The Hall–Kier alpha value is -4.23. The molecule has 4 rings (SSSR count). The van der Waals surface area contributed by atoms with Crippen molar-refractivity contribution in [1.29, 1.82) is 0 Å². The predicted octanol–water partition coefficient (Wildman–Crippen LogP) is 6.37. The van der Waals surface area contributed by atoms with Crippen LogP contribution >= 0.6 is 11.6 Å². The third-order valence-corrected chi connectivity index (χ3v) is 5.59. The number of anilines is 4. The van der Waals surface area contributed by atoms with Gasteiger partial charge in [0.1, 0.15) is 0 Å². The first-order chi connectivity index (χ1) is 16.8. The second kappa shape index (κ2) is 10.4. The zero-order chi connectivity index (χ0) is 24.9. The summed E-state index contributed by atoms with van der Waals surface area (Å²) in [6.07, 6.45) is 1.75. The minimum atomic E-state index is -0.276. The van der Waals surface area contributed by atoms with Crippen molar-refractivity contribution < 1.29 is 9.59 Å². The van der Waals surface area contributed by atoms with E-state index in [1.54, 1.807) is 24.4 Å². The highest BCUT2D eigenvalue weighted by molar-refractivity contribution is 6.34. The summed E-state index contributed by atoms with van der Waals surface area (Å²) in [6, 6.07) is 20.1. The lowest BCUT2D eigenvalue weighted by Crippen LogP contribution is -2.14. The van der Waals surface area contributed by atoms with E-state index in [-0.39, 0.29) is 11.8 Å². The molecule has 3 aromatic carbocycles. The lowest BCUT2D eigenvalue weighted by molar-refractivity contribution is -0.114. The molecule has 8 heteroatoms. The van der Waals surface area contributed by atoms with E-state index in [1.165, 1.54) is 6.92 Å². The van der Waals surface area contributed by atoms with Crippen molar-refractivity contribution in [2.75, 3.05) is 16.0 Å². The van der Waals surface area contributed by atoms with Crippen molar-refractivity contribution >= 4 is 46.4 Å². The molecule has 176 valence electrons. The van der Waals surface area contributed by atoms with Gasteiger partial charge >= 0.3 is 0 Å². The first kappa shape index (κ1) is 23.9. The summed E-state index contributed by atoms with van der Waals surface area (Å²) >= 11 is 6.23. The van der Waals surface area contributed by atoms with Crippen LogP contribution in [0.4, 0.5) is 23.0 Å². The number of carbonyl (C=O) groups is 2. The van der Waals surface area contributed by atoms with Gasteiger partial charge in [-0.15, -0.1) is 0 Å². The van der Waals surface area contributed by atoms with Gasteiger partial charge in [0.2, 0.25) is 11.9 Å². The van der Waals surface area contributed by atoms with Crippen LogP contribution in [0.25, 0.3) is 11.3 Å². The largest absolute Gasteiger partial charge is 0.326 e. The zero-order valence-electron chi connectivity index (χ0n) is 19.5. The molecule has 2 amide bonds. The molecule has 4 aromatic rings. The molecule has 0 unspecified atom stereocenters. The number of nitrogens with zero attached hydrogens (tertiary/aromatic N) is 2. The molecule has 0 aliphatic rings. The number of carbonyl (C=O) groups excluding carboxylic acids is 2. The normalized spacial score (nSPS) is 10.5. The van der Waals surface area contributed by atoms with Crippen LogP contribution in [0.15, 0.2) is 72.9 Å². The van der Waals surface area contributed by atoms with Crippen LogP contribution in [0.3, 0.4) is 0 Å². The van der Waals surface area contributed by atoms with E-state index >= 15 is 0 Å². The number of aromatic nitrogens is 2. The average Bonchev–Trinajstić information content (AvgIpc) is 2.81. The first-order valence-electron chi connectivity index (χ1n) is 11.0. The van der Waals surface area contributed by atoms with Crippen molar-refractivity contribution in [1.82, 2.24) is 9.97 Å². The quantitative estimate of drug-likeness (QED) is 0.295. The number of amides is 2. The van der Waals surface area contributed by atoms with Crippen LogP contribution in [-0.4, -0.2) is 21.8 Å². The second-order valence-corrected chi connectivity index (χ2v) is 8.48. The Kier molecular flexibility index (Phi) is 7.08. The highest BCUT2D eigenvalue weighted by Gasteiger charge is 2.14. The van der Waals surface area contributed by atoms with E-state index < -0.39 is 0 Å². The van der Waals surface area contributed by atoms with E-state index in [4.69, 9.17) is 11.6 Å². The molecule has 35 heavy (non-hydrogen) atoms. The van der Waals surface area contributed by atoms with Gasteiger partial charge in [-0.3, -0.25) is 9.59 Å². The Balaban J connectivity index is 1.53. The smallest absolute Gasteiger partial charge is 0.257 e. The summed E-state index contributed by atoms with van der Waals surface area (Å²) in [4.78, 5) is 33.1. The zero-order valence-corrected chi connectivity index (χ0v) is 20.3. The summed E-state index contributed by atoms with van der Waals surface area (Å²) in [5.41, 5.74) is 5.89. The Morgan fingerprint density at radius 2 is 1.54 bits per heavy atom. The number of rotatable bonds is 6. The summed E-state index contributed by atoms with van der Waals surface area (Å²) in [6.45, 7) is 5.25. The van der Waals surface area contributed by atoms with E-state index in [0.29, 0.717) is 22.2 Å². The number of benzene rings is 3. The van der Waals surface area contributed by atoms with Gasteiger partial charge in [-0.05, 0) is 61.4 Å². The van der Waals surface area contributed by atoms with Gasteiger partial charge in [-0.2, -0.15) is 0 Å². The molecule has 7 nitrogen and oxygen atoms in total. The second-order valence-electron chi connectivity index (χ2n) is 8.08. The molecular weight excluding hydrogens is 462 g/mol. The van der Waals surface area contributed by atoms with E-state index in [1.807, 2.05) is 62.4 Å². The third kappa shape index (κ3) is 5.83. The minimum Gasteiger partial charge on any atom is -0.326 e. The maximum atomic E-state index is 12.8. The number of aryl methyl sites for hydroxylation is 2. The molecule has 0 bridgehead atoms. The fourth-order valence-corrected chi connectivity index (χ4v) is 3.93. The fourth-order valence-electron chi connectivity index (χ4n) is 3.63. The maximum Gasteiger partial charge on any atom is 0.257 e. The van der Waals surface area contributed by atoms with Crippen molar-refractivity contribution in [2.45, 2.75) is 20.8 Å². The highest BCUT2D eigenvalue weighted by Crippen LogP contribution is 2.26. The Morgan fingerprint density at radius 3 is 2.26 bits per heavy atom. The van der Waals surface area contributed by atoms with Gasteiger partial charge in [0.05, 0.1) is 16.3 Å². The molecule has 1 aromatic heterocycles. The number of hydrogen-bond acceptors (Lipinski definition) is 5. The SMILES string of the molecule is CC(=O)Nc1ccc(-c2nc(Nc3cccc(NC(=O)c4c(C)cccc4Cl)c3)ncc2C)cc1. The van der Waals surface area contributed by atoms with E-state index in [0.717, 1.165) is 33.8 Å². The Morgan fingerprint density at radius 1 is 0.829 bits per heavy atom. The van der Waals surface area contributed by atoms with Crippen molar-refractivity contribution in [3.8, 4) is 11.3 Å². The topological polar surface area (TPSA) is 96.0 Å². The summed E-state index contributed by atoms with van der Waals surface area (Å²) in [5, 5.41) is 9.26. The van der Waals surface area contributed by atoms with Crippen LogP contribution in [-0.2, 0) is 4.79 Å². The van der Waals surface area contributed by atoms with Gasteiger partial charge in [0.15, 0.2) is 0 Å². The van der Waals surface area contributed by atoms with Gasteiger partial charge < -0.3 is 16.0 Å². The molecular formula is C27H24ClN5O2. The van der Waals surface area contributed by atoms with Crippen LogP contribution < -0.4 is 16.0 Å². The summed E-state index contributed by atoms with van der Waals surface area (Å²) in [7, 11) is 0. The lowest BCUT2D eigenvalue weighted by Gasteiger charge is -2.12. The minimum absolute atomic E-state index is 0.122. The molecule has 0 spiro atoms. The predicted molar refractivity (Wildman–Crippen MR) is 140 cm³/mol. The Labute approximate surface area is 208 Å². The molecule has 0 aliphatic heterocycles. The molecule has 3 N–H and O–H groups in total. The highest BCUT2D eigenvalue weighted by atomic mass is 35.5. The van der Waals surface area contributed by atoms with E-state index in [9.17, 15) is 9.59 Å². The molecule has 1 heterocycles. The van der Waals surface area contributed by atoms with Gasteiger partial charge in [0.25, 0.3) is 5.91 Å². The molecule has 0 saturated heterocycles. The Bertz CT molecular complexity index is 1380. The molecule has 0 saturated carbocycles.